The molecule has 0 bridgehead atoms. The van der Waals surface area contributed by atoms with Gasteiger partial charge in [0.2, 0.25) is 0 Å². The molecule has 2 N–H and O–H groups in total. The van der Waals surface area contributed by atoms with Crippen LogP contribution in [0, 0.1) is 19.8 Å². The molecule has 0 radical (unpaired) electrons. The van der Waals surface area contributed by atoms with Crippen LogP contribution in [0.5, 0.6) is 5.75 Å². The number of nitrogens with zero attached hydrogens (tertiary/aromatic N) is 5. The van der Waals surface area contributed by atoms with E-state index >= 15 is 0 Å². The van der Waals surface area contributed by atoms with E-state index in [9.17, 15) is 13.2 Å². The lowest BCUT2D eigenvalue weighted by molar-refractivity contribution is 0.0600. The van der Waals surface area contributed by atoms with Crippen molar-refractivity contribution in [3.8, 4) is 5.75 Å². The zero-order valence-corrected chi connectivity index (χ0v) is 27.5. The Morgan fingerprint density at radius 3 is 2.47 bits per heavy atom. The van der Waals surface area contributed by atoms with E-state index in [-0.39, 0.29) is 4.90 Å². The summed E-state index contributed by atoms with van der Waals surface area (Å²) in [5.41, 5.74) is 2.88. The normalized spacial score (nSPS) is 14.5. The van der Waals surface area contributed by atoms with E-state index in [1.165, 1.54) is 13.4 Å². The van der Waals surface area contributed by atoms with Crippen molar-refractivity contribution >= 4 is 44.2 Å². The van der Waals surface area contributed by atoms with Crippen LogP contribution in [0.1, 0.15) is 68.1 Å². The molecule has 1 aromatic carbocycles. The lowest BCUT2D eigenvalue weighted by Crippen LogP contribution is -2.34. The van der Waals surface area contributed by atoms with Crippen LogP contribution in [0.3, 0.4) is 0 Å². The van der Waals surface area contributed by atoms with Crippen molar-refractivity contribution in [3.63, 3.8) is 0 Å². The topological polar surface area (TPSA) is 152 Å². The number of carbonyl (C=O) groups excluding carboxylic acids is 1. The van der Waals surface area contributed by atoms with Gasteiger partial charge in [-0.25, -0.2) is 28.2 Å². The van der Waals surface area contributed by atoms with Crippen LogP contribution >= 0.6 is 0 Å². The van der Waals surface area contributed by atoms with Crippen LogP contribution in [0.4, 0.5) is 17.5 Å². The van der Waals surface area contributed by atoms with Crippen molar-refractivity contribution in [3.05, 3.63) is 53.6 Å². The number of aromatic amines is 1. The highest BCUT2D eigenvalue weighted by atomic mass is 32.2. The van der Waals surface area contributed by atoms with Gasteiger partial charge in [0.15, 0.2) is 15.7 Å². The number of rotatable bonds is 10. The minimum atomic E-state index is -3.76. The number of hydrogen-bond acceptors (Lipinski definition) is 11. The fraction of sp³-hybridized carbons (Fsp3) is 0.469. The molecule has 45 heavy (non-hydrogen) atoms. The molecule has 1 aliphatic rings. The van der Waals surface area contributed by atoms with Gasteiger partial charge in [0.05, 0.1) is 29.5 Å². The predicted molar refractivity (Wildman–Crippen MR) is 173 cm³/mol. The van der Waals surface area contributed by atoms with Crippen LogP contribution in [0.2, 0.25) is 0 Å². The standard InChI is InChI=1S/C32H41N7O5S/c1-20-21(2)37-38-29(20)36-30-24-16-27(45(41,42)32(3,4)5)26(17-25(24)34-19-35-30)44-15-7-8-22-11-13-39(14-12-22)28-10-9-23(18-33-28)31(40)43-6/h9-10,16-19,22H,7-8,11-15H2,1-6H3,(H2,34,35,36,37,38). The lowest BCUT2D eigenvalue weighted by Gasteiger charge is -2.33. The quantitative estimate of drug-likeness (QED) is 0.167. The lowest BCUT2D eigenvalue weighted by atomic mass is 9.92. The van der Waals surface area contributed by atoms with E-state index in [0.29, 0.717) is 46.4 Å². The van der Waals surface area contributed by atoms with Gasteiger partial charge >= 0.3 is 5.97 Å². The highest BCUT2D eigenvalue weighted by Gasteiger charge is 2.34. The fourth-order valence-corrected chi connectivity index (χ4v) is 6.67. The molecule has 1 fully saturated rings. The summed E-state index contributed by atoms with van der Waals surface area (Å²) in [5.74, 6) is 2.37. The number of benzene rings is 1. The van der Waals surface area contributed by atoms with E-state index in [1.54, 1.807) is 45.2 Å². The smallest absolute Gasteiger partial charge is 0.339 e. The first kappa shape index (κ1) is 32.1. The van der Waals surface area contributed by atoms with Crippen LogP contribution in [-0.4, -0.2) is 71.1 Å². The molecule has 240 valence electrons. The molecule has 3 aromatic heterocycles. The van der Waals surface area contributed by atoms with E-state index in [0.717, 1.165) is 55.8 Å². The van der Waals surface area contributed by atoms with Crippen molar-refractivity contribution in [2.75, 3.05) is 37.0 Å². The maximum Gasteiger partial charge on any atom is 0.339 e. The number of esters is 1. The number of sulfone groups is 1. The zero-order chi connectivity index (χ0) is 32.4. The monoisotopic (exact) mass is 635 g/mol. The Labute approximate surface area is 263 Å². The number of H-pyrrole nitrogens is 1. The van der Waals surface area contributed by atoms with E-state index in [4.69, 9.17) is 9.47 Å². The number of aryl methyl sites for hydroxylation is 1. The highest BCUT2D eigenvalue weighted by Crippen LogP contribution is 2.37. The average molecular weight is 636 g/mol. The van der Waals surface area contributed by atoms with Crippen LogP contribution in [0.25, 0.3) is 10.9 Å². The predicted octanol–water partition coefficient (Wildman–Crippen LogP) is 5.54. The number of hydrogen-bond donors (Lipinski definition) is 2. The molecule has 1 saturated heterocycles. The summed E-state index contributed by atoms with van der Waals surface area (Å²) in [5, 5.41) is 11.0. The third-order valence-electron chi connectivity index (χ3n) is 8.41. The van der Waals surface area contributed by atoms with Crippen molar-refractivity contribution in [2.24, 2.45) is 5.92 Å². The molecular formula is C32H41N7O5S. The molecule has 4 aromatic rings. The van der Waals surface area contributed by atoms with Gasteiger partial charge in [0, 0.05) is 42.0 Å². The third-order valence-corrected chi connectivity index (χ3v) is 10.9. The van der Waals surface area contributed by atoms with Crippen molar-refractivity contribution < 1.29 is 22.7 Å². The molecule has 0 amide bonds. The van der Waals surface area contributed by atoms with Gasteiger partial charge in [-0.2, -0.15) is 5.10 Å². The van der Waals surface area contributed by atoms with Crippen LogP contribution in [0.15, 0.2) is 41.7 Å². The molecule has 4 heterocycles. The Hall–Kier alpha value is -4.26. The Morgan fingerprint density at radius 1 is 1.09 bits per heavy atom. The number of ether oxygens (including phenoxy) is 2. The number of nitrogens with one attached hydrogen (secondary N) is 2. The number of aromatic nitrogens is 5. The molecule has 0 spiro atoms. The van der Waals surface area contributed by atoms with E-state index in [1.807, 2.05) is 19.9 Å². The van der Waals surface area contributed by atoms with Gasteiger partial charge in [-0.05, 0) is 84.4 Å². The fourth-order valence-electron chi connectivity index (χ4n) is 5.35. The zero-order valence-electron chi connectivity index (χ0n) is 26.7. The molecule has 12 nitrogen and oxygen atoms in total. The summed E-state index contributed by atoms with van der Waals surface area (Å²) in [7, 11) is -2.40. The number of piperidine rings is 1. The van der Waals surface area contributed by atoms with Gasteiger partial charge in [-0.1, -0.05) is 0 Å². The van der Waals surface area contributed by atoms with Gasteiger partial charge in [-0.15, -0.1) is 0 Å². The second-order valence-corrected chi connectivity index (χ2v) is 15.1. The van der Waals surface area contributed by atoms with Crippen molar-refractivity contribution in [2.45, 2.75) is 69.9 Å². The van der Waals surface area contributed by atoms with Crippen molar-refractivity contribution in [1.29, 1.82) is 0 Å². The highest BCUT2D eigenvalue weighted by molar-refractivity contribution is 7.92. The van der Waals surface area contributed by atoms with Gasteiger partial charge in [-0.3, -0.25) is 5.10 Å². The van der Waals surface area contributed by atoms with Gasteiger partial charge in [0.1, 0.15) is 28.6 Å². The molecule has 0 aliphatic carbocycles. The summed E-state index contributed by atoms with van der Waals surface area (Å²) < 4.78 is 37.4. The first-order valence-electron chi connectivity index (χ1n) is 15.1. The second-order valence-electron chi connectivity index (χ2n) is 12.4. The molecule has 1 aliphatic heterocycles. The first-order valence-corrected chi connectivity index (χ1v) is 16.6. The summed E-state index contributed by atoms with van der Waals surface area (Å²) in [4.78, 5) is 27.3. The number of carbonyl (C=O) groups is 1. The van der Waals surface area contributed by atoms with Crippen LogP contribution < -0.4 is 15.0 Å². The third kappa shape index (κ3) is 6.87. The second kappa shape index (κ2) is 13.0. The molecular weight excluding hydrogens is 594 g/mol. The maximum absolute atomic E-state index is 13.7. The minimum Gasteiger partial charge on any atom is -0.492 e. The van der Waals surface area contributed by atoms with Gasteiger partial charge in [0.25, 0.3) is 0 Å². The summed E-state index contributed by atoms with van der Waals surface area (Å²) in [6.07, 6.45) is 6.78. The molecule has 0 atom stereocenters. The van der Waals surface area contributed by atoms with E-state index < -0.39 is 20.6 Å². The molecule has 5 rings (SSSR count). The number of methoxy groups -OCH3 is 1. The number of pyridine rings is 1. The van der Waals surface area contributed by atoms with Gasteiger partial charge < -0.3 is 19.7 Å². The Kier molecular flexibility index (Phi) is 9.28. The first-order chi connectivity index (χ1) is 21.4. The van der Waals surface area contributed by atoms with Crippen molar-refractivity contribution in [1.82, 2.24) is 25.1 Å². The molecule has 0 unspecified atom stereocenters. The summed E-state index contributed by atoms with van der Waals surface area (Å²) in [6, 6.07) is 6.91. The largest absolute Gasteiger partial charge is 0.492 e. The Morgan fingerprint density at radius 2 is 1.84 bits per heavy atom. The summed E-state index contributed by atoms with van der Waals surface area (Å²) in [6.45, 7) is 11.1. The molecule has 0 saturated carbocycles. The number of anilines is 3. The summed E-state index contributed by atoms with van der Waals surface area (Å²) >= 11 is 0. The average Bonchev–Trinajstić information content (AvgIpc) is 3.34. The van der Waals surface area contributed by atoms with E-state index in [2.05, 4.69) is 35.4 Å². The molecule has 13 heteroatoms. The SMILES string of the molecule is COC(=O)c1ccc(N2CCC(CCCOc3cc4ncnc(Nc5n[nH]c(C)c5C)c4cc3S(=O)(=O)C(C)(C)C)CC2)nc1. The Balaban J connectivity index is 1.26. The Bertz CT molecular complexity index is 1770. The maximum atomic E-state index is 13.7. The minimum absolute atomic E-state index is 0.120. The van der Waals surface area contributed by atoms with Crippen LogP contribution in [-0.2, 0) is 14.6 Å². The number of fused-ring (bicyclic) bond motifs is 1.